The molecule has 2 aromatic heterocycles. The van der Waals surface area contributed by atoms with Crippen LogP contribution in [0.25, 0.3) is 21.3 Å². The number of hydrogen-bond donors (Lipinski definition) is 1. The molecular weight excluding hydrogens is 316 g/mol. The van der Waals surface area contributed by atoms with Crippen LogP contribution in [0.15, 0.2) is 42.0 Å². The molecule has 2 N–H and O–H groups in total. The van der Waals surface area contributed by atoms with Gasteiger partial charge >= 0.3 is 0 Å². The topological polar surface area (TPSA) is 55.0 Å². The zero-order chi connectivity index (χ0) is 16.5. The molecule has 0 saturated carbocycles. The van der Waals surface area contributed by atoms with Crippen molar-refractivity contribution in [2.75, 3.05) is 18.0 Å². The van der Waals surface area contributed by atoms with Crippen LogP contribution in [0.5, 0.6) is 0 Å². The quantitative estimate of drug-likeness (QED) is 0.786. The number of nitrogens with zero attached hydrogens (tertiary/aromatic N) is 3. The molecule has 1 aliphatic heterocycles. The summed E-state index contributed by atoms with van der Waals surface area (Å²) in [5, 5.41) is 3.39. The molecule has 0 radical (unpaired) electrons. The summed E-state index contributed by atoms with van der Waals surface area (Å²) in [4.78, 5) is 12.6. The molecule has 1 fully saturated rings. The number of hydrogen-bond acceptors (Lipinski definition) is 5. The van der Waals surface area contributed by atoms with Gasteiger partial charge in [-0.25, -0.2) is 9.97 Å². The van der Waals surface area contributed by atoms with Gasteiger partial charge in [-0.2, -0.15) is 0 Å². The highest BCUT2D eigenvalue weighted by molar-refractivity contribution is 7.17. The Hall–Kier alpha value is -1.98. The van der Waals surface area contributed by atoms with Crippen LogP contribution < -0.4 is 10.6 Å². The molecule has 0 aliphatic carbocycles. The normalized spacial score (nSPS) is 17.3. The van der Waals surface area contributed by atoms with Gasteiger partial charge in [0.1, 0.15) is 17.0 Å². The van der Waals surface area contributed by atoms with Crippen molar-refractivity contribution in [1.82, 2.24) is 9.97 Å². The summed E-state index contributed by atoms with van der Waals surface area (Å²) in [6, 6.07) is 10.8. The van der Waals surface area contributed by atoms with Crippen molar-refractivity contribution in [2.24, 2.45) is 11.7 Å². The van der Waals surface area contributed by atoms with Crippen molar-refractivity contribution in [3.63, 3.8) is 0 Å². The zero-order valence-corrected chi connectivity index (χ0v) is 14.7. The second-order valence-corrected chi connectivity index (χ2v) is 7.43. The van der Waals surface area contributed by atoms with E-state index in [1.807, 2.05) is 6.07 Å². The van der Waals surface area contributed by atoms with Crippen LogP contribution in [0.3, 0.4) is 0 Å². The van der Waals surface area contributed by atoms with E-state index in [1.165, 1.54) is 16.5 Å². The fraction of sp³-hybridized carbons (Fsp3) is 0.368. The van der Waals surface area contributed by atoms with Crippen LogP contribution in [0.2, 0.25) is 0 Å². The van der Waals surface area contributed by atoms with Gasteiger partial charge in [-0.3, -0.25) is 0 Å². The summed E-state index contributed by atoms with van der Waals surface area (Å²) in [6.07, 6.45) is 3.96. The van der Waals surface area contributed by atoms with Crippen molar-refractivity contribution in [2.45, 2.75) is 25.8 Å². The average Bonchev–Trinajstić information content (AvgIpc) is 3.07. The van der Waals surface area contributed by atoms with Crippen LogP contribution in [-0.2, 0) is 0 Å². The summed E-state index contributed by atoms with van der Waals surface area (Å²) < 4.78 is 0. The minimum Gasteiger partial charge on any atom is -0.356 e. The van der Waals surface area contributed by atoms with Crippen LogP contribution in [-0.4, -0.2) is 29.1 Å². The van der Waals surface area contributed by atoms with Crippen LogP contribution in [0.4, 0.5) is 5.82 Å². The third-order valence-electron chi connectivity index (χ3n) is 5.02. The Morgan fingerprint density at radius 2 is 1.92 bits per heavy atom. The molecule has 24 heavy (non-hydrogen) atoms. The van der Waals surface area contributed by atoms with Gasteiger partial charge < -0.3 is 10.6 Å². The summed E-state index contributed by atoms with van der Waals surface area (Å²) >= 11 is 1.69. The van der Waals surface area contributed by atoms with Crippen LogP contribution >= 0.6 is 11.3 Å². The van der Waals surface area contributed by atoms with Gasteiger partial charge in [0, 0.05) is 30.1 Å². The lowest BCUT2D eigenvalue weighted by atomic mass is 9.91. The van der Waals surface area contributed by atoms with Gasteiger partial charge in [0.15, 0.2) is 0 Å². The summed E-state index contributed by atoms with van der Waals surface area (Å²) in [5.74, 6) is 1.69. The molecule has 0 spiro atoms. The number of rotatable bonds is 3. The molecule has 0 bridgehead atoms. The summed E-state index contributed by atoms with van der Waals surface area (Å²) in [5.41, 5.74) is 8.55. The first-order chi connectivity index (χ1) is 11.7. The van der Waals surface area contributed by atoms with E-state index in [0.717, 1.165) is 36.6 Å². The van der Waals surface area contributed by atoms with Gasteiger partial charge in [-0.15, -0.1) is 11.3 Å². The van der Waals surface area contributed by atoms with E-state index < -0.39 is 0 Å². The van der Waals surface area contributed by atoms with E-state index in [-0.39, 0.29) is 6.04 Å². The Balaban J connectivity index is 1.73. The first-order valence-electron chi connectivity index (χ1n) is 8.52. The number of thiophene rings is 1. The van der Waals surface area contributed by atoms with Crippen molar-refractivity contribution >= 4 is 27.4 Å². The SMILES string of the molecule is CC(N)C1CCN(c2ncnc3scc(-c4ccccc4)c23)CC1. The monoisotopic (exact) mass is 338 g/mol. The average molecular weight is 338 g/mol. The molecule has 5 heteroatoms. The lowest BCUT2D eigenvalue weighted by Gasteiger charge is -2.34. The fourth-order valence-corrected chi connectivity index (χ4v) is 4.48. The largest absolute Gasteiger partial charge is 0.356 e. The minimum atomic E-state index is 0.276. The third-order valence-corrected chi connectivity index (χ3v) is 5.90. The molecule has 1 aliphatic rings. The fourth-order valence-electron chi connectivity index (χ4n) is 3.57. The molecule has 0 amide bonds. The Morgan fingerprint density at radius 1 is 1.17 bits per heavy atom. The van der Waals surface area contributed by atoms with Crippen LogP contribution in [0.1, 0.15) is 19.8 Å². The Kier molecular flexibility index (Phi) is 4.21. The lowest BCUT2D eigenvalue weighted by molar-refractivity contribution is 0.354. The van der Waals surface area contributed by atoms with E-state index in [4.69, 9.17) is 5.73 Å². The zero-order valence-electron chi connectivity index (χ0n) is 13.9. The molecule has 1 unspecified atom stereocenters. The minimum absolute atomic E-state index is 0.276. The van der Waals surface area contributed by atoms with Crippen molar-refractivity contribution in [3.05, 3.63) is 42.0 Å². The van der Waals surface area contributed by atoms with E-state index in [1.54, 1.807) is 17.7 Å². The molecule has 3 heterocycles. The Labute approximate surface area is 146 Å². The summed E-state index contributed by atoms with van der Waals surface area (Å²) in [6.45, 7) is 4.15. The molecule has 1 aromatic carbocycles. The smallest absolute Gasteiger partial charge is 0.141 e. The van der Waals surface area contributed by atoms with Gasteiger partial charge in [0.2, 0.25) is 0 Å². The predicted molar refractivity (Wildman–Crippen MR) is 101 cm³/mol. The number of benzene rings is 1. The number of aromatic nitrogens is 2. The maximum Gasteiger partial charge on any atom is 0.141 e. The highest BCUT2D eigenvalue weighted by Crippen LogP contribution is 2.38. The lowest BCUT2D eigenvalue weighted by Crippen LogP contribution is -2.40. The van der Waals surface area contributed by atoms with Gasteiger partial charge in [0.05, 0.1) is 5.39 Å². The highest BCUT2D eigenvalue weighted by atomic mass is 32.1. The van der Waals surface area contributed by atoms with E-state index >= 15 is 0 Å². The second-order valence-electron chi connectivity index (χ2n) is 6.58. The molecule has 4 rings (SSSR count). The van der Waals surface area contributed by atoms with E-state index in [0.29, 0.717) is 5.92 Å². The number of anilines is 1. The standard InChI is InChI=1S/C19H22N4S/c1-13(20)14-7-9-23(10-8-14)18-17-16(15-5-3-2-4-6-15)11-24-19(17)22-12-21-18/h2-6,11-14H,7-10,20H2,1H3. The van der Waals surface area contributed by atoms with Crippen molar-refractivity contribution in [1.29, 1.82) is 0 Å². The molecule has 1 saturated heterocycles. The molecular formula is C19H22N4S. The molecule has 1 atom stereocenters. The van der Waals surface area contributed by atoms with E-state index in [9.17, 15) is 0 Å². The van der Waals surface area contributed by atoms with Crippen molar-refractivity contribution < 1.29 is 0 Å². The predicted octanol–water partition coefficient (Wildman–Crippen LogP) is 3.92. The Morgan fingerprint density at radius 3 is 2.62 bits per heavy atom. The number of nitrogens with two attached hydrogens (primary N) is 1. The second kappa shape index (κ2) is 6.49. The highest BCUT2D eigenvalue weighted by Gasteiger charge is 2.25. The molecule has 4 nitrogen and oxygen atoms in total. The van der Waals surface area contributed by atoms with E-state index in [2.05, 4.69) is 51.4 Å². The molecule has 124 valence electrons. The number of fused-ring (bicyclic) bond motifs is 1. The first kappa shape index (κ1) is 15.5. The first-order valence-corrected chi connectivity index (χ1v) is 9.40. The van der Waals surface area contributed by atoms with Crippen LogP contribution in [0, 0.1) is 5.92 Å². The van der Waals surface area contributed by atoms with Gasteiger partial charge in [-0.1, -0.05) is 30.3 Å². The summed E-state index contributed by atoms with van der Waals surface area (Å²) in [7, 11) is 0. The maximum absolute atomic E-state index is 6.08. The number of piperidine rings is 1. The Bertz CT molecular complexity index is 820. The van der Waals surface area contributed by atoms with Crippen molar-refractivity contribution in [3.8, 4) is 11.1 Å². The van der Waals surface area contributed by atoms with Gasteiger partial charge in [0.25, 0.3) is 0 Å². The third kappa shape index (κ3) is 2.78. The maximum atomic E-state index is 6.08. The van der Waals surface area contributed by atoms with Gasteiger partial charge in [-0.05, 0) is 31.2 Å². The molecule has 3 aromatic rings.